The van der Waals surface area contributed by atoms with Crippen molar-refractivity contribution in [3.63, 3.8) is 0 Å². The number of nitrogens with one attached hydrogen (secondary N) is 1. The maximum atomic E-state index is 13.4. The molecular weight excluding hydrogens is 390 g/mol. The van der Waals surface area contributed by atoms with Crippen LogP contribution >= 0.6 is 0 Å². The Balaban J connectivity index is 1.45. The van der Waals surface area contributed by atoms with Gasteiger partial charge in [-0.25, -0.2) is 0 Å². The Labute approximate surface area is 183 Å². The minimum absolute atomic E-state index is 0.0149. The molecule has 0 saturated carbocycles. The van der Waals surface area contributed by atoms with Crippen LogP contribution in [-0.4, -0.2) is 26.2 Å². The summed E-state index contributed by atoms with van der Waals surface area (Å²) in [7, 11) is 1.64. The fraction of sp³-hybridized carbons (Fsp3) is 0.269. The Hall–Kier alpha value is -3.31. The third kappa shape index (κ3) is 4.89. The number of rotatable bonds is 7. The number of hydrogen-bond donors (Lipinski definition) is 1. The molecule has 0 unspecified atom stereocenters. The van der Waals surface area contributed by atoms with Crippen molar-refractivity contribution in [3.8, 4) is 11.5 Å². The number of hydrogen-bond acceptors (Lipinski definition) is 4. The summed E-state index contributed by atoms with van der Waals surface area (Å²) in [6, 6.07) is 25.3. The van der Waals surface area contributed by atoms with Crippen molar-refractivity contribution in [1.82, 2.24) is 0 Å². The van der Waals surface area contributed by atoms with Gasteiger partial charge in [-0.2, -0.15) is 0 Å². The molecule has 1 N–H and O–H groups in total. The normalized spacial score (nSPS) is 15.1. The zero-order valence-corrected chi connectivity index (χ0v) is 17.7. The lowest BCUT2D eigenvalue weighted by atomic mass is 9.73. The molecule has 0 spiro atoms. The van der Waals surface area contributed by atoms with E-state index in [9.17, 15) is 4.79 Å². The van der Waals surface area contributed by atoms with Gasteiger partial charge in [0.15, 0.2) is 0 Å². The summed E-state index contributed by atoms with van der Waals surface area (Å²) in [6.07, 6.45) is 1.28. The average molecular weight is 418 g/mol. The lowest BCUT2D eigenvalue weighted by Gasteiger charge is -2.36. The Morgan fingerprint density at radius 2 is 1.55 bits per heavy atom. The zero-order chi connectivity index (χ0) is 21.5. The first-order valence-electron chi connectivity index (χ1n) is 10.5. The molecule has 1 heterocycles. The van der Waals surface area contributed by atoms with E-state index in [2.05, 4.69) is 5.32 Å². The lowest BCUT2D eigenvalue weighted by molar-refractivity contribution is -0.125. The minimum atomic E-state index is -0.618. The molecule has 31 heavy (non-hydrogen) atoms. The maximum absolute atomic E-state index is 13.4. The van der Waals surface area contributed by atoms with Gasteiger partial charge in [0.2, 0.25) is 5.91 Å². The van der Waals surface area contributed by atoms with Crippen LogP contribution in [0.25, 0.3) is 0 Å². The summed E-state index contributed by atoms with van der Waals surface area (Å²) in [5.74, 6) is 1.52. The largest absolute Gasteiger partial charge is 0.497 e. The molecule has 1 saturated heterocycles. The van der Waals surface area contributed by atoms with Crippen molar-refractivity contribution >= 4 is 11.6 Å². The SMILES string of the molecule is COc1ccc(C2(C(=O)Nc3ccc(OCc4ccccc4)cc3)CCOCC2)cc1. The van der Waals surface area contributed by atoms with E-state index in [1.165, 1.54) is 0 Å². The lowest BCUT2D eigenvalue weighted by Crippen LogP contribution is -2.44. The third-order valence-electron chi connectivity index (χ3n) is 5.78. The minimum Gasteiger partial charge on any atom is -0.497 e. The Morgan fingerprint density at radius 3 is 2.19 bits per heavy atom. The first kappa shape index (κ1) is 20.9. The van der Waals surface area contributed by atoms with Gasteiger partial charge in [0, 0.05) is 18.9 Å². The number of anilines is 1. The predicted molar refractivity (Wildman–Crippen MR) is 121 cm³/mol. The molecule has 3 aromatic carbocycles. The van der Waals surface area contributed by atoms with Gasteiger partial charge in [-0.05, 0) is 60.4 Å². The Kier molecular flexibility index (Phi) is 6.53. The van der Waals surface area contributed by atoms with E-state index in [4.69, 9.17) is 14.2 Å². The van der Waals surface area contributed by atoms with E-state index in [0.717, 1.165) is 28.3 Å². The monoisotopic (exact) mass is 417 g/mol. The summed E-state index contributed by atoms with van der Waals surface area (Å²) < 4.78 is 16.7. The van der Waals surface area contributed by atoms with Crippen molar-refractivity contribution in [3.05, 3.63) is 90.0 Å². The maximum Gasteiger partial charge on any atom is 0.235 e. The van der Waals surface area contributed by atoms with E-state index < -0.39 is 5.41 Å². The summed E-state index contributed by atoms with van der Waals surface area (Å²) in [6.45, 7) is 1.63. The molecule has 0 radical (unpaired) electrons. The molecular formula is C26H27NO4. The first-order valence-corrected chi connectivity index (χ1v) is 10.5. The fourth-order valence-corrected chi connectivity index (χ4v) is 3.90. The number of methoxy groups -OCH3 is 1. The van der Waals surface area contributed by atoms with Crippen LogP contribution in [0, 0.1) is 0 Å². The molecule has 1 aliphatic rings. The highest BCUT2D eigenvalue weighted by molar-refractivity contribution is 5.99. The summed E-state index contributed by atoms with van der Waals surface area (Å²) >= 11 is 0. The van der Waals surface area contributed by atoms with Gasteiger partial charge in [-0.15, -0.1) is 0 Å². The second-order valence-electron chi connectivity index (χ2n) is 7.68. The number of amides is 1. The first-order chi connectivity index (χ1) is 15.2. The number of carbonyl (C=O) groups excluding carboxylic acids is 1. The molecule has 5 heteroatoms. The van der Waals surface area contributed by atoms with Crippen LogP contribution in [0.15, 0.2) is 78.9 Å². The van der Waals surface area contributed by atoms with Crippen molar-refractivity contribution in [2.45, 2.75) is 24.9 Å². The van der Waals surface area contributed by atoms with Crippen LogP contribution in [-0.2, 0) is 21.6 Å². The van der Waals surface area contributed by atoms with Crippen LogP contribution in [0.4, 0.5) is 5.69 Å². The Morgan fingerprint density at radius 1 is 0.903 bits per heavy atom. The van der Waals surface area contributed by atoms with Crippen LogP contribution in [0.5, 0.6) is 11.5 Å². The van der Waals surface area contributed by atoms with Gasteiger partial charge < -0.3 is 19.5 Å². The van der Waals surface area contributed by atoms with Gasteiger partial charge in [0.25, 0.3) is 0 Å². The van der Waals surface area contributed by atoms with Gasteiger partial charge >= 0.3 is 0 Å². The molecule has 3 aromatic rings. The van der Waals surface area contributed by atoms with Crippen molar-refractivity contribution < 1.29 is 19.0 Å². The molecule has 4 rings (SSSR count). The van der Waals surface area contributed by atoms with Gasteiger partial charge in [-0.3, -0.25) is 4.79 Å². The quantitative estimate of drug-likeness (QED) is 0.590. The summed E-state index contributed by atoms with van der Waals surface area (Å²) in [5, 5.41) is 3.10. The molecule has 5 nitrogen and oxygen atoms in total. The van der Waals surface area contributed by atoms with Crippen LogP contribution in [0.1, 0.15) is 24.0 Å². The van der Waals surface area contributed by atoms with Gasteiger partial charge in [0.05, 0.1) is 12.5 Å². The van der Waals surface area contributed by atoms with E-state index in [1.807, 2.05) is 78.9 Å². The highest BCUT2D eigenvalue weighted by atomic mass is 16.5. The molecule has 0 bridgehead atoms. The standard InChI is InChI=1S/C26H27NO4/c1-29-23-11-7-21(8-12-23)26(15-17-30-18-16-26)25(28)27-22-9-13-24(14-10-22)31-19-20-5-3-2-4-6-20/h2-14H,15-19H2,1H3,(H,27,28). The van der Waals surface area contributed by atoms with Crippen molar-refractivity contribution in [1.29, 1.82) is 0 Å². The fourth-order valence-electron chi connectivity index (χ4n) is 3.90. The summed E-state index contributed by atoms with van der Waals surface area (Å²) in [5.41, 5.74) is 2.22. The number of carbonyl (C=O) groups is 1. The highest BCUT2D eigenvalue weighted by Crippen LogP contribution is 2.37. The van der Waals surface area contributed by atoms with Crippen molar-refractivity contribution in [2.75, 3.05) is 25.6 Å². The smallest absolute Gasteiger partial charge is 0.235 e. The average Bonchev–Trinajstić information content (AvgIpc) is 2.84. The van der Waals surface area contributed by atoms with Crippen LogP contribution < -0.4 is 14.8 Å². The molecule has 1 fully saturated rings. The summed E-state index contributed by atoms with van der Waals surface area (Å²) in [4.78, 5) is 13.4. The molecule has 1 aliphatic heterocycles. The molecule has 0 atom stereocenters. The van der Waals surface area contributed by atoms with Crippen LogP contribution in [0.3, 0.4) is 0 Å². The second kappa shape index (κ2) is 9.67. The topological polar surface area (TPSA) is 56.8 Å². The molecule has 0 aliphatic carbocycles. The van der Waals surface area contributed by atoms with E-state index in [-0.39, 0.29) is 5.91 Å². The molecule has 160 valence electrons. The number of benzene rings is 3. The van der Waals surface area contributed by atoms with E-state index in [0.29, 0.717) is 32.7 Å². The van der Waals surface area contributed by atoms with E-state index >= 15 is 0 Å². The highest BCUT2D eigenvalue weighted by Gasteiger charge is 2.41. The second-order valence-corrected chi connectivity index (χ2v) is 7.68. The third-order valence-corrected chi connectivity index (χ3v) is 5.78. The van der Waals surface area contributed by atoms with Crippen molar-refractivity contribution in [2.24, 2.45) is 0 Å². The predicted octanol–water partition coefficient (Wildman–Crippen LogP) is 4.96. The van der Waals surface area contributed by atoms with Gasteiger partial charge in [0.1, 0.15) is 18.1 Å². The molecule has 0 aromatic heterocycles. The van der Waals surface area contributed by atoms with Crippen LogP contribution in [0.2, 0.25) is 0 Å². The van der Waals surface area contributed by atoms with E-state index in [1.54, 1.807) is 7.11 Å². The number of ether oxygens (including phenoxy) is 3. The van der Waals surface area contributed by atoms with Gasteiger partial charge in [-0.1, -0.05) is 42.5 Å². The molecule has 1 amide bonds. The Bertz CT molecular complexity index is 978. The zero-order valence-electron chi connectivity index (χ0n) is 17.7.